The van der Waals surface area contributed by atoms with Gasteiger partial charge in [0.2, 0.25) is 0 Å². The molecule has 0 N–H and O–H groups in total. The molecule has 23 heavy (non-hydrogen) atoms. The Balaban J connectivity index is 1.78. The minimum atomic E-state index is 0.985. The van der Waals surface area contributed by atoms with Crippen LogP contribution in [0.15, 0.2) is 79.4 Å². The van der Waals surface area contributed by atoms with Gasteiger partial charge in [-0.05, 0) is 67.9 Å². The molecule has 0 amide bonds. The third-order valence-corrected chi connectivity index (χ3v) is 4.97. The maximum Gasteiger partial charge on any atom is -0.00130 e. The lowest BCUT2D eigenvalue weighted by molar-refractivity contribution is 1.15. The zero-order valence-electron chi connectivity index (χ0n) is 12.8. The van der Waals surface area contributed by atoms with Gasteiger partial charge in [-0.1, -0.05) is 67.2 Å². The molecule has 0 aromatic heterocycles. The molecule has 5 rings (SSSR count). The standard InChI is InChI=1S/C23H16/c1-15-22-13-18-8-4-2-6-16(18)10-20(22)12-21-11-17-7-3-5-9-19(17)14-23(15)21/h2-11,13-14H,1,12H2. The Kier molecular flexibility index (Phi) is 2.51. The van der Waals surface area contributed by atoms with E-state index in [2.05, 4.69) is 79.4 Å². The Morgan fingerprint density at radius 1 is 0.565 bits per heavy atom. The van der Waals surface area contributed by atoms with Crippen molar-refractivity contribution in [2.75, 3.05) is 0 Å². The molecule has 0 unspecified atom stereocenters. The second-order valence-corrected chi connectivity index (χ2v) is 6.37. The van der Waals surface area contributed by atoms with Gasteiger partial charge in [-0.3, -0.25) is 0 Å². The van der Waals surface area contributed by atoms with Crippen molar-refractivity contribution in [2.45, 2.75) is 6.42 Å². The first-order valence-electron chi connectivity index (χ1n) is 8.02. The number of hydrogen-bond acceptors (Lipinski definition) is 0. The minimum Gasteiger partial charge on any atom is -0.0905 e. The van der Waals surface area contributed by atoms with Crippen LogP contribution in [-0.4, -0.2) is 0 Å². The van der Waals surface area contributed by atoms with E-state index in [4.69, 9.17) is 0 Å². The fourth-order valence-electron chi connectivity index (χ4n) is 3.78. The van der Waals surface area contributed by atoms with Gasteiger partial charge in [0.1, 0.15) is 0 Å². The van der Waals surface area contributed by atoms with Crippen LogP contribution in [0.5, 0.6) is 0 Å². The highest BCUT2D eigenvalue weighted by Gasteiger charge is 2.19. The highest BCUT2D eigenvalue weighted by molar-refractivity contribution is 5.96. The van der Waals surface area contributed by atoms with Crippen LogP contribution < -0.4 is 0 Å². The first-order chi connectivity index (χ1) is 11.3. The van der Waals surface area contributed by atoms with Gasteiger partial charge in [-0.2, -0.15) is 0 Å². The molecule has 0 saturated carbocycles. The lowest BCUT2D eigenvalue weighted by Gasteiger charge is -2.23. The predicted octanol–water partition coefficient (Wildman–Crippen LogP) is 5.96. The Labute approximate surface area is 135 Å². The number of fused-ring (bicyclic) bond motifs is 4. The number of rotatable bonds is 0. The van der Waals surface area contributed by atoms with Gasteiger partial charge in [0.15, 0.2) is 0 Å². The average Bonchev–Trinajstić information content (AvgIpc) is 2.59. The molecule has 0 spiro atoms. The summed E-state index contributed by atoms with van der Waals surface area (Å²) in [7, 11) is 0. The number of benzene rings is 4. The molecule has 0 saturated heterocycles. The van der Waals surface area contributed by atoms with E-state index < -0.39 is 0 Å². The summed E-state index contributed by atoms with van der Waals surface area (Å²) in [6, 6.07) is 26.4. The molecule has 0 aliphatic heterocycles. The van der Waals surface area contributed by atoms with Crippen molar-refractivity contribution in [2.24, 2.45) is 0 Å². The van der Waals surface area contributed by atoms with E-state index in [0.717, 1.165) is 12.0 Å². The molecule has 0 heterocycles. The summed E-state index contributed by atoms with van der Waals surface area (Å²) in [4.78, 5) is 0. The fraction of sp³-hybridized carbons (Fsp3) is 0.0435. The molecule has 0 bridgehead atoms. The fourth-order valence-corrected chi connectivity index (χ4v) is 3.78. The molecule has 0 nitrogen and oxygen atoms in total. The van der Waals surface area contributed by atoms with Gasteiger partial charge in [-0.25, -0.2) is 0 Å². The first kappa shape index (κ1) is 12.7. The molecule has 4 aromatic rings. The van der Waals surface area contributed by atoms with E-state index >= 15 is 0 Å². The second-order valence-electron chi connectivity index (χ2n) is 6.37. The van der Waals surface area contributed by atoms with Crippen LogP contribution in [0.2, 0.25) is 0 Å². The highest BCUT2D eigenvalue weighted by atomic mass is 14.2. The average molecular weight is 292 g/mol. The molecule has 1 aliphatic carbocycles. The molecular formula is C23H16. The Morgan fingerprint density at radius 3 is 1.39 bits per heavy atom. The van der Waals surface area contributed by atoms with Gasteiger partial charge in [0.25, 0.3) is 0 Å². The van der Waals surface area contributed by atoms with Crippen LogP contribution in [0.25, 0.3) is 27.1 Å². The van der Waals surface area contributed by atoms with E-state index in [0.29, 0.717) is 0 Å². The van der Waals surface area contributed by atoms with Crippen molar-refractivity contribution >= 4 is 27.1 Å². The summed E-state index contributed by atoms with van der Waals surface area (Å²) in [5, 5.41) is 5.19. The molecule has 4 aromatic carbocycles. The SMILES string of the molecule is C=C1c2cc3ccccc3cc2Cc2cc3ccccc3cc21. The largest absolute Gasteiger partial charge is 0.0905 e. The molecule has 0 atom stereocenters. The molecule has 0 radical (unpaired) electrons. The van der Waals surface area contributed by atoms with E-state index in [-0.39, 0.29) is 0 Å². The van der Waals surface area contributed by atoms with Gasteiger partial charge in [-0.15, -0.1) is 0 Å². The van der Waals surface area contributed by atoms with Crippen molar-refractivity contribution in [1.29, 1.82) is 0 Å². The molecule has 0 fully saturated rings. The third-order valence-electron chi connectivity index (χ3n) is 4.97. The van der Waals surface area contributed by atoms with Crippen molar-refractivity contribution in [3.05, 3.63) is 102 Å². The van der Waals surface area contributed by atoms with Crippen molar-refractivity contribution in [3.8, 4) is 0 Å². The molecule has 1 aliphatic rings. The molecule has 108 valence electrons. The quantitative estimate of drug-likeness (QED) is 0.330. The first-order valence-corrected chi connectivity index (χ1v) is 8.02. The Hall–Kier alpha value is -2.86. The monoisotopic (exact) mass is 292 g/mol. The van der Waals surface area contributed by atoms with Gasteiger partial charge < -0.3 is 0 Å². The van der Waals surface area contributed by atoms with Crippen molar-refractivity contribution in [1.82, 2.24) is 0 Å². The van der Waals surface area contributed by atoms with Gasteiger partial charge >= 0.3 is 0 Å². The Bertz CT molecular complexity index is 1010. The number of hydrogen-bond donors (Lipinski definition) is 0. The van der Waals surface area contributed by atoms with Crippen molar-refractivity contribution < 1.29 is 0 Å². The minimum absolute atomic E-state index is 0.985. The third kappa shape index (κ3) is 1.85. The van der Waals surface area contributed by atoms with Gasteiger partial charge in [0, 0.05) is 0 Å². The predicted molar refractivity (Wildman–Crippen MR) is 98.8 cm³/mol. The van der Waals surface area contributed by atoms with E-state index in [1.165, 1.54) is 43.8 Å². The molecule has 0 heteroatoms. The normalized spacial score (nSPS) is 13.1. The topological polar surface area (TPSA) is 0 Å². The summed E-state index contributed by atoms with van der Waals surface area (Å²) < 4.78 is 0. The maximum atomic E-state index is 4.41. The zero-order chi connectivity index (χ0) is 15.4. The van der Waals surface area contributed by atoms with Crippen LogP contribution in [0.3, 0.4) is 0 Å². The van der Waals surface area contributed by atoms with Crippen LogP contribution in [0.1, 0.15) is 22.3 Å². The highest BCUT2D eigenvalue weighted by Crippen LogP contribution is 2.38. The smallest absolute Gasteiger partial charge is 0.00130 e. The summed E-state index contributed by atoms with van der Waals surface area (Å²) in [5.41, 5.74) is 6.52. The zero-order valence-corrected chi connectivity index (χ0v) is 12.8. The summed E-state index contributed by atoms with van der Waals surface area (Å²) >= 11 is 0. The van der Waals surface area contributed by atoms with Crippen LogP contribution in [-0.2, 0) is 6.42 Å². The molecular weight excluding hydrogens is 276 g/mol. The van der Waals surface area contributed by atoms with Crippen molar-refractivity contribution in [3.63, 3.8) is 0 Å². The second kappa shape index (κ2) is 4.57. The summed E-state index contributed by atoms with van der Waals surface area (Å²) in [5.74, 6) is 0. The van der Waals surface area contributed by atoms with E-state index in [1.807, 2.05) is 0 Å². The van der Waals surface area contributed by atoms with Gasteiger partial charge in [0.05, 0.1) is 0 Å². The van der Waals surface area contributed by atoms with Crippen LogP contribution in [0, 0.1) is 0 Å². The van der Waals surface area contributed by atoms with E-state index in [1.54, 1.807) is 0 Å². The summed E-state index contributed by atoms with van der Waals surface area (Å²) in [6.07, 6.45) is 0.985. The Morgan fingerprint density at radius 2 is 0.957 bits per heavy atom. The van der Waals surface area contributed by atoms with Crippen LogP contribution in [0.4, 0.5) is 0 Å². The summed E-state index contributed by atoms with van der Waals surface area (Å²) in [6.45, 7) is 4.41. The van der Waals surface area contributed by atoms with Crippen LogP contribution >= 0.6 is 0 Å². The lowest BCUT2D eigenvalue weighted by atomic mass is 9.80. The maximum absolute atomic E-state index is 4.41. The van der Waals surface area contributed by atoms with E-state index in [9.17, 15) is 0 Å². The lowest BCUT2D eigenvalue weighted by Crippen LogP contribution is -2.06.